The molecule has 1 atom stereocenters. The lowest BCUT2D eigenvalue weighted by molar-refractivity contribution is 0.581. The molecule has 0 spiro atoms. The summed E-state index contributed by atoms with van der Waals surface area (Å²) in [4.78, 5) is 26.3. The SMILES string of the molecule is CC(N)c1cccc(F)c1Sc1nc(=O)c(=O)[nH]n1C. The molecule has 0 bridgehead atoms. The van der Waals surface area contributed by atoms with Crippen molar-refractivity contribution in [3.8, 4) is 0 Å². The molecule has 1 aromatic carbocycles. The van der Waals surface area contributed by atoms with Crippen LogP contribution in [0, 0.1) is 5.82 Å². The molecule has 1 heterocycles. The lowest BCUT2D eigenvalue weighted by Gasteiger charge is -2.13. The van der Waals surface area contributed by atoms with Gasteiger partial charge in [-0.15, -0.1) is 0 Å². The molecular formula is C12H13FN4O2S. The van der Waals surface area contributed by atoms with E-state index in [9.17, 15) is 14.0 Å². The Morgan fingerprint density at radius 1 is 1.45 bits per heavy atom. The summed E-state index contributed by atoms with van der Waals surface area (Å²) in [6.07, 6.45) is 0. The second kappa shape index (κ2) is 5.59. The molecule has 0 fully saturated rings. The van der Waals surface area contributed by atoms with Gasteiger partial charge in [0.25, 0.3) is 0 Å². The van der Waals surface area contributed by atoms with Crippen LogP contribution < -0.4 is 16.9 Å². The van der Waals surface area contributed by atoms with Crippen molar-refractivity contribution in [2.75, 3.05) is 0 Å². The second-order valence-electron chi connectivity index (χ2n) is 4.25. The van der Waals surface area contributed by atoms with Gasteiger partial charge < -0.3 is 5.73 Å². The van der Waals surface area contributed by atoms with Crippen LogP contribution in [0.3, 0.4) is 0 Å². The minimum absolute atomic E-state index is 0.182. The minimum Gasteiger partial charge on any atom is -0.324 e. The maximum atomic E-state index is 13.9. The number of nitrogens with one attached hydrogen (secondary N) is 1. The summed E-state index contributed by atoms with van der Waals surface area (Å²) in [5.41, 5.74) is 4.68. The van der Waals surface area contributed by atoms with Gasteiger partial charge in [-0.2, -0.15) is 4.98 Å². The zero-order valence-corrected chi connectivity index (χ0v) is 11.7. The van der Waals surface area contributed by atoms with Gasteiger partial charge in [0.15, 0.2) is 5.16 Å². The Hall–Kier alpha value is -1.93. The maximum Gasteiger partial charge on any atom is 0.339 e. The second-order valence-corrected chi connectivity index (χ2v) is 5.23. The largest absolute Gasteiger partial charge is 0.339 e. The average molecular weight is 296 g/mol. The molecule has 106 valence electrons. The Kier molecular flexibility index (Phi) is 4.05. The molecule has 0 saturated heterocycles. The Morgan fingerprint density at radius 2 is 2.15 bits per heavy atom. The van der Waals surface area contributed by atoms with E-state index in [0.717, 1.165) is 11.8 Å². The maximum absolute atomic E-state index is 13.9. The number of hydrogen-bond acceptors (Lipinski definition) is 5. The van der Waals surface area contributed by atoms with Crippen LogP contribution in [0.15, 0.2) is 37.8 Å². The van der Waals surface area contributed by atoms with Crippen molar-refractivity contribution < 1.29 is 4.39 Å². The summed E-state index contributed by atoms with van der Waals surface area (Å²) in [5, 5.41) is 2.49. The molecule has 1 unspecified atom stereocenters. The van der Waals surface area contributed by atoms with E-state index in [1.807, 2.05) is 0 Å². The highest BCUT2D eigenvalue weighted by molar-refractivity contribution is 7.99. The molecule has 0 aliphatic rings. The Bertz CT molecular complexity index is 754. The quantitative estimate of drug-likeness (QED) is 0.816. The summed E-state index contributed by atoms with van der Waals surface area (Å²) in [7, 11) is 1.52. The molecule has 0 aliphatic carbocycles. The molecule has 0 aliphatic heterocycles. The first-order valence-corrected chi connectivity index (χ1v) is 6.61. The van der Waals surface area contributed by atoms with Gasteiger partial charge in [0, 0.05) is 13.1 Å². The fraction of sp³-hybridized carbons (Fsp3) is 0.250. The van der Waals surface area contributed by atoms with Gasteiger partial charge in [-0.25, -0.2) is 4.39 Å². The van der Waals surface area contributed by atoms with Crippen LogP contribution in [0.1, 0.15) is 18.5 Å². The zero-order valence-electron chi connectivity index (χ0n) is 10.9. The van der Waals surface area contributed by atoms with E-state index in [2.05, 4.69) is 10.1 Å². The van der Waals surface area contributed by atoms with Crippen molar-refractivity contribution in [3.63, 3.8) is 0 Å². The van der Waals surface area contributed by atoms with Crippen molar-refractivity contribution in [2.24, 2.45) is 12.8 Å². The van der Waals surface area contributed by atoms with Crippen molar-refractivity contribution in [2.45, 2.75) is 23.0 Å². The first-order valence-electron chi connectivity index (χ1n) is 5.79. The van der Waals surface area contributed by atoms with E-state index in [-0.39, 0.29) is 16.1 Å². The van der Waals surface area contributed by atoms with Gasteiger partial charge in [0.1, 0.15) is 5.82 Å². The van der Waals surface area contributed by atoms with Crippen molar-refractivity contribution in [3.05, 3.63) is 50.3 Å². The third-order valence-corrected chi connectivity index (χ3v) is 3.81. The Labute approximate surface area is 117 Å². The number of hydrogen-bond donors (Lipinski definition) is 2. The van der Waals surface area contributed by atoms with Crippen LogP contribution in [0.25, 0.3) is 0 Å². The highest BCUT2D eigenvalue weighted by Gasteiger charge is 2.15. The van der Waals surface area contributed by atoms with E-state index in [4.69, 9.17) is 5.73 Å². The highest BCUT2D eigenvalue weighted by atomic mass is 32.2. The zero-order chi connectivity index (χ0) is 14.9. The topological polar surface area (TPSA) is 93.8 Å². The fourth-order valence-corrected chi connectivity index (χ4v) is 2.67. The number of rotatable bonds is 3. The van der Waals surface area contributed by atoms with Gasteiger partial charge in [0.05, 0.1) is 4.90 Å². The van der Waals surface area contributed by atoms with Crippen LogP contribution in [-0.2, 0) is 7.05 Å². The smallest absolute Gasteiger partial charge is 0.324 e. The predicted molar refractivity (Wildman–Crippen MR) is 73.2 cm³/mol. The molecule has 1 aromatic heterocycles. The summed E-state index contributed by atoms with van der Waals surface area (Å²) in [6, 6.07) is 4.21. The lowest BCUT2D eigenvalue weighted by Crippen LogP contribution is -2.33. The fourth-order valence-electron chi connectivity index (χ4n) is 1.63. The number of aromatic nitrogens is 3. The summed E-state index contributed by atoms with van der Waals surface area (Å²) >= 11 is 0.945. The van der Waals surface area contributed by atoms with E-state index in [0.29, 0.717) is 5.56 Å². The minimum atomic E-state index is -0.913. The van der Waals surface area contributed by atoms with Gasteiger partial charge in [0.2, 0.25) is 0 Å². The molecule has 20 heavy (non-hydrogen) atoms. The van der Waals surface area contributed by atoms with E-state index in [1.165, 1.54) is 17.8 Å². The molecule has 0 saturated carbocycles. The number of benzene rings is 1. The molecule has 0 radical (unpaired) electrons. The van der Waals surface area contributed by atoms with Gasteiger partial charge in [-0.1, -0.05) is 12.1 Å². The Balaban J connectivity index is 2.53. The monoisotopic (exact) mass is 296 g/mol. The normalized spacial score (nSPS) is 12.4. The molecule has 2 rings (SSSR count). The Morgan fingerprint density at radius 3 is 2.80 bits per heavy atom. The lowest BCUT2D eigenvalue weighted by atomic mass is 10.1. The van der Waals surface area contributed by atoms with Gasteiger partial charge in [-0.3, -0.25) is 19.4 Å². The number of H-pyrrole nitrogens is 1. The predicted octanol–water partition coefficient (Wildman–Crippen LogP) is 0.779. The average Bonchev–Trinajstić information content (AvgIpc) is 2.37. The van der Waals surface area contributed by atoms with Gasteiger partial charge in [-0.05, 0) is 30.3 Å². The van der Waals surface area contributed by atoms with E-state index in [1.54, 1.807) is 19.1 Å². The molecule has 8 heteroatoms. The van der Waals surface area contributed by atoms with Crippen molar-refractivity contribution in [1.82, 2.24) is 14.8 Å². The molecule has 3 N–H and O–H groups in total. The first kappa shape index (κ1) is 14.5. The van der Waals surface area contributed by atoms with E-state index >= 15 is 0 Å². The number of aromatic amines is 1. The summed E-state index contributed by atoms with van der Waals surface area (Å²) < 4.78 is 15.2. The van der Waals surface area contributed by atoms with E-state index < -0.39 is 16.9 Å². The van der Waals surface area contributed by atoms with Crippen molar-refractivity contribution >= 4 is 11.8 Å². The number of nitrogens with two attached hydrogens (primary N) is 1. The third-order valence-electron chi connectivity index (χ3n) is 2.63. The molecule has 0 amide bonds. The molecule has 6 nitrogen and oxygen atoms in total. The molecule has 2 aromatic rings. The summed E-state index contributed by atoms with van der Waals surface area (Å²) in [6.45, 7) is 1.73. The van der Waals surface area contributed by atoms with Crippen LogP contribution in [0.5, 0.6) is 0 Å². The van der Waals surface area contributed by atoms with Crippen LogP contribution in [-0.4, -0.2) is 14.8 Å². The number of nitrogens with zero attached hydrogens (tertiary/aromatic N) is 2. The number of aryl methyl sites for hydroxylation is 1. The van der Waals surface area contributed by atoms with Crippen LogP contribution in [0.4, 0.5) is 4.39 Å². The first-order chi connectivity index (χ1) is 9.40. The van der Waals surface area contributed by atoms with Gasteiger partial charge >= 0.3 is 11.1 Å². The van der Waals surface area contributed by atoms with Crippen LogP contribution >= 0.6 is 11.8 Å². The summed E-state index contributed by atoms with van der Waals surface area (Å²) in [5.74, 6) is -0.453. The molecular weight excluding hydrogens is 283 g/mol. The van der Waals surface area contributed by atoms with Crippen LogP contribution in [0.2, 0.25) is 0 Å². The standard InChI is InChI=1S/C12H13FN4O2S/c1-6(14)7-4-3-5-8(13)9(7)20-12-15-10(18)11(19)16-17(12)2/h3-6H,14H2,1-2H3,(H,16,19). The highest BCUT2D eigenvalue weighted by Crippen LogP contribution is 2.32. The third kappa shape index (κ3) is 2.81. The van der Waals surface area contributed by atoms with Crippen molar-refractivity contribution in [1.29, 1.82) is 0 Å². The number of halogens is 1.